The van der Waals surface area contributed by atoms with Gasteiger partial charge in [-0.15, -0.1) is 0 Å². The Bertz CT molecular complexity index is 1380. The Balaban J connectivity index is 1.65. The van der Waals surface area contributed by atoms with Gasteiger partial charge in [0.2, 0.25) is 0 Å². The van der Waals surface area contributed by atoms with Gasteiger partial charge in [0, 0.05) is 16.7 Å². The summed E-state index contributed by atoms with van der Waals surface area (Å²) in [6.45, 7) is 0. The highest BCUT2D eigenvalue weighted by Crippen LogP contribution is 2.46. The lowest BCUT2D eigenvalue weighted by Gasteiger charge is -2.27. The molecule has 0 saturated carbocycles. The zero-order chi connectivity index (χ0) is 24.5. The van der Waals surface area contributed by atoms with Crippen molar-refractivity contribution in [3.05, 3.63) is 94.7 Å². The number of hydrogen-bond donors (Lipinski definition) is 1. The number of pyridine rings is 1. The third-order valence-corrected chi connectivity index (χ3v) is 6.67. The molecule has 1 saturated heterocycles. The first kappa shape index (κ1) is 23.3. The van der Waals surface area contributed by atoms with Gasteiger partial charge in [0.1, 0.15) is 34.9 Å². The highest BCUT2D eigenvalue weighted by molar-refractivity contribution is 9.10. The monoisotopic (exact) mass is 553 g/mol. The van der Waals surface area contributed by atoms with Crippen LogP contribution in [0.2, 0.25) is 0 Å². The van der Waals surface area contributed by atoms with Crippen molar-refractivity contribution < 1.29 is 18.3 Å². The van der Waals surface area contributed by atoms with E-state index in [9.17, 15) is 4.39 Å². The number of ether oxygens (including phenoxy) is 2. The molecule has 3 heterocycles. The molecule has 6 nitrogen and oxygen atoms in total. The Hall–Kier alpha value is -3.43. The summed E-state index contributed by atoms with van der Waals surface area (Å²) < 4.78 is 32.7. The van der Waals surface area contributed by atoms with Crippen molar-refractivity contribution in [2.24, 2.45) is 0 Å². The topological polar surface area (TPSA) is 59.8 Å². The van der Waals surface area contributed by atoms with Crippen molar-refractivity contribution in [3.63, 3.8) is 0 Å². The number of methoxy groups -OCH3 is 2. The number of benzene rings is 2. The van der Waals surface area contributed by atoms with Crippen molar-refractivity contribution >= 4 is 38.9 Å². The Kier molecular flexibility index (Phi) is 6.44. The Morgan fingerprint density at radius 3 is 2.63 bits per heavy atom. The summed E-state index contributed by atoms with van der Waals surface area (Å²) in [5.74, 6) is 1.90. The molecule has 0 unspecified atom stereocenters. The van der Waals surface area contributed by atoms with Gasteiger partial charge in [-0.05, 0) is 66.8 Å². The highest BCUT2D eigenvalue weighted by atomic mass is 79.9. The predicted octanol–water partition coefficient (Wildman–Crippen LogP) is 6.44. The lowest BCUT2D eigenvalue weighted by atomic mass is 10.0. The van der Waals surface area contributed by atoms with E-state index in [0.717, 1.165) is 5.69 Å². The standard InChI is InChI=1S/C26H21BrFN3O3S/c1-32-16-7-9-22(33-2)20(14-16)31-25(24(30-26(31)35)19-5-3-4-12-29-19)23-11-10-21(34-23)17-8-6-15(27)13-18(17)28/h3-14,24-25H,1-2H3,(H,30,35)/t24-,25-/m0/s1. The lowest BCUT2D eigenvalue weighted by molar-refractivity contribution is 0.400. The summed E-state index contributed by atoms with van der Waals surface area (Å²) in [6, 6.07) is 18.9. The highest BCUT2D eigenvalue weighted by Gasteiger charge is 2.43. The third kappa shape index (κ3) is 4.37. The number of furan rings is 1. The first-order valence-electron chi connectivity index (χ1n) is 10.8. The van der Waals surface area contributed by atoms with Crippen molar-refractivity contribution in [2.45, 2.75) is 12.1 Å². The first-order valence-corrected chi connectivity index (χ1v) is 12.0. The van der Waals surface area contributed by atoms with E-state index in [0.29, 0.717) is 43.9 Å². The van der Waals surface area contributed by atoms with Crippen LogP contribution in [0.3, 0.4) is 0 Å². The van der Waals surface area contributed by atoms with Gasteiger partial charge < -0.3 is 24.1 Å². The molecule has 0 radical (unpaired) electrons. The average molecular weight is 554 g/mol. The van der Waals surface area contributed by atoms with Crippen LogP contribution in [-0.2, 0) is 0 Å². The second kappa shape index (κ2) is 9.67. The van der Waals surface area contributed by atoms with Crippen molar-refractivity contribution in [1.29, 1.82) is 0 Å². The quantitative estimate of drug-likeness (QED) is 0.276. The molecule has 4 aromatic rings. The van der Waals surface area contributed by atoms with E-state index >= 15 is 0 Å². The molecule has 2 atom stereocenters. The minimum absolute atomic E-state index is 0.326. The fourth-order valence-corrected chi connectivity index (χ4v) is 4.91. The van der Waals surface area contributed by atoms with Crippen LogP contribution in [-0.4, -0.2) is 24.3 Å². The van der Waals surface area contributed by atoms with E-state index < -0.39 is 6.04 Å². The molecule has 35 heavy (non-hydrogen) atoms. The SMILES string of the molecule is COc1ccc(OC)c(N2C(=S)N[C@@H](c3ccccn3)[C@@H]2c2ccc(-c3ccc(Br)cc3F)o2)c1. The largest absolute Gasteiger partial charge is 0.497 e. The molecule has 0 bridgehead atoms. The van der Waals surface area contributed by atoms with Gasteiger partial charge in [0.25, 0.3) is 0 Å². The van der Waals surface area contributed by atoms with Crippen LogP contribution in [0.5, 0.6) is 11.5 Å². The number of nitrogens with one attached hydrogen (secondary N) is 1. The van der Waals surface area contributed by atoms with Gasteiger partial charge in [0.15, 0.2) is 5.11 Å². The molecule has 0 spiro atoms. The number of aromatic nitrogens is 1. The molecule has 0 aliphatic carbocycles. The van der Waals surface area contributed by atoms with Crippen molar-refractivity contribution in [1.82, 2.24) is 10.3 Å². The number of anilines is 1. The Morgan fingerprint density at radius 1 is 1.06 bits per heavy atom. The van der Waals surface area contributed by atoms with Gasteiger partial charge in [-0.25, -0.2) is 4.39 Å². The summed E-state index contributed by atoms with van der Waals surface area (Å²) >= 11 is 9.08. The molecule has 1 fully saturated rings. The molecule has 9 heteroatoms. The van der Waals surface area contributed by atoms with Crippen LogP contribution in [0, 0.1) is 5.82 Å². The van der Waals surface area contributed by atoms with E-state index in [4.69, 9.17) is 26.1 Å². The fraction of sp³-hybridized carbons (Fsp3) is 0.154. The summed E-state index contributed by atoms with van der Waals surface area (Å²) in [6.07, 6.45) is 1.73. The number of hydrogen-bond acceptors (Lipinski definition) is 5. The van der Waals surface area contributed by atoms with E-state index in [-0.39, 0.29) is 11.9 Å². The maximum absolute atomic E-state index is 14.7. The second-order valence-electron chi connectivity index (χ2n) is 7.86. The summed E-state index contributed by atoms with van der Waals surface area (Å²) in [5, 5.41) is 3.86. The van der Waals surface area contributed by atoms with Gasteiger partial charge in [0.05, 0.1) is 37.2 Å². The molecule has 2 aromatic heterocycles. The van der Waals surface area contributed by atoms with Crippen molar-refractivity contribution in [2.75, 3.05) is 19.1 Å². The number of rotatable bonds is 6. The Labute approximate surface area is 215 Å². The Morgan fingerprint density at radius 2 is 1.91 bits per heavy atom. The minimum atomic E-state index is -0.425. The average Bonchev–Trinajstić information content (AvgIpc) is 3.48. The van der Waals surface area contributed by atoms with E-state index in [1.165, 1.54) is 6.07 Å². The van der Waals surface area contributed by atoms with Gasteiger partial charge in [-0.1, -0.05) is 22.0 Å². The minimum Gasteiger partial charge on any atom is -0.497 e. The van der Waals surface area contributed by atoms with Crippen LogP contribution in [0.15, 0.2) is 81.8 Å². The molecule has 0 amide bonds. The summed E-state index contributed by atoms with van der Waals surface area (Å²) in [7, 11) is 3.20. The molecular formula is C26H21BrFN3O3S. The van der Waals surface area contributed by atoms with E-state index in [1.54, 1.807) is 38.6 Å². The lowest BCUT2D eigenvalue weighted by Crippen LogP contribution is -2.29. The molecule has 1 N–H and O–H groups in total. The molecular weight excluding hydrogens is 533 g/mol. The van der Waals surface area contributed by atoms with Crippen LogP contribution < -0.4 is 19.7 Å². The summed E-state index contributed by atoms with van der Waals surface area (Å²) in [4.78, 5) is 6.48. The van der Waals surface area contributed by atoms with E-state index in [2.05, 4.69) is 26.2 Å². The van der Waals surface area contributed by atoms with Crippen LogP contribution in [0.1, 0.15) is 23.5 Å². The van der Waals surface area contributed by atoms with Crippen molar-refractivity contribution in [3.8, 4) is 22.8 Å². The first-order chi connectivity index (χ1) is 17.0. The molecule has 1 aliphatic rings. The van der Waals surface area contributed by atoms with Gasteiger partial charge in [-0.2, -0.15) is 0 Å². The third-order valence-electron chi connectivity index (χ3n) is 5.86. The molecule has 178 valence electrons. The van der Waals surface area contributed by atoms with Crippen LogP contribution in [0.4, 0.5) is 10.1 Å². The smallest absolute Gasteiger partial charge is 0.174 e. The molecule has 5 rings (SSSR count). The fourth-order valence-electron chi connectivity index (χ4n) is 4.23. The maximum atomic E-state index is 14.7. The number of nitrogens with zero attached hydrogens (tertiary/aromatic N) is 2. The van der Waals surface area contributed by atoms with Gasteiger partial charge in [-0.3, -0.25) is 4.98 Å². The summed E-state index contributed by atoms with van der Waals surface area (Å²) in [5.41, 5.74) is 1.87. The van der Waals surface area contributed by atoms with Crippen LogP contribution >= 0.6 is 28.1 Å². The van der Waals surface area contributed by atoms with E-state index in [1.807, 2.05) is 47.4 Å². The molecule has 2 aromatic carbocycles. The number of thiocarbonyl (C=S) groups is 1. The zero-order valence-corrected chi connectivity index (χ0v) is 21.3. The number of halogens is 2. The predicted molar refractivity (Wildman–Crippen MR) is 139 cm³/mol. The normalized spacial score (nSPS) is 17.4. The van der Waals surface area contributed by atoms with Gasteiger partial charge >= 0.3 is 0 Å². The molecule has 1 aliphatic heterocycles. The van der Waals surface area contributed by atoms with Crippen LogP contribution in [0.25, 0.3) is 11.3 Å². The second-order valence-corrected chi connectivity index (χ2v) is 9.16. The zero-order valence-electron chi connectivity index (χ0n) is 18.9. The maximum Gasteiger partial charge on any atom is 0.174 e.